The summed E-state index contributed by atoms with van der Waals surface area (Å²) in [6.45, 7) is 3.34. The standard InChI is InChI=1S/C14H18N4/c1-9-7-10(9)8-18(2)13-11-5-3-4-6-12(11)16-14(15)17-13/h3-6,9-10H,7-8H2,1-2H3,(H2,15,16,17). The Kier molecular flexibility index (Phi) is 2.58. The van der Waals surface area contributed by atoms with E-state index in [1.54, 1.807) is 0 Å². The summed E-state index contributed by atoms with van der Waals surface area (Å²) < 4.78 is 0. The van der Waals surface area contributed by atoms with Gasteiger partial charge in [0.15, 0.2) is 0 Å². The topological polar surface area (TPSA) is 55.0 Å². The quantitative estimate of drug-likeness (QED) is 0.897. The van der Waals surface area contributed by atoms with E-state index < -0.39 is 0 Å². The van der Waals surface area contributed by atoms with E-state index in [2.05, 4.69) is 34.9 Å². The molecule has 0 spiro atoms. The van der Waals surface area contributed by atoms with Gasteiger partial charge < -0.3 is 10.6 Å². The maximum absolute atomic E-state index is 5.79. The average molecular weight is 242 g/mol. The van der Waals surface area contributed by atoms with Gasteiger partial charge in [0.2, 0.25) is 5.95 Å². The van der Waals surface area contributed by atoms with Crippen molar-refractivity contribution in [3.63, 3.8) is 0 Å². The number of rotatable bonds is 3. The maximum Gasteiger partial charge on any atom is 0.222 e. The third-order valence-corrected chi connectivity index (χ3v) is 3.75. The van der Waals surface area contributed by atoms with Crippen molar-refractivity contribution in [1.82, 2.24) is 9.97 Å². The van der Waals surface area contributed by atoms with E-state index in [9.17, 15) is 0 Å². The van der Waals surface area contributed by atoms with Crippen LogP contribution in [0, 0.1) is 11.8 Å². The van der Waals surface area contributed by atoms with Crippen molar-refractivity contribution in [1.29, 1.82) is 0 Å². The van der Waals surface area contributed by atoms with Gasteiger partial charge in [-0.15, -0.1) is 0 Å². The molecule has 1 fully saturated rings. The second kappa shape index (κ2) is 4.12. The first-order valence-corrected chi connectivity index (χ1v) is 6.38. The summed E-state index contributed by atoms with van der Waals surface area (Å²) in [5.41, 5.74) is 6.70. The van der Waals surface area contributed by atoms with Crippen molar-refractivity contribution in [3.05, 3.63) is 24.3 Å². The Labute approximate surface area is 107 Å². The molecular weight excluding hydrogens is 224 g/mol. The Morgan fingerprint density at radius 1 is 1.33 bits per heavy atom. The van der Waals surface area contributed by atoms with Gasteiger partial charge in [-0.05, 0) is 30.4 Å². The molecule has 94 valence electrons. The van der Waals surface area contributed by atoms with E-state index >= 15 is 0 Å². The summed E-state index contributed by atoms with van der Waals surface area (Å²) in [4.78, 5) is 10.9. The lowest BCUT2D eigenvalue weighted by Gasteiger charge is -2.20. The zero-order valence-corrected chi connectivity index (χ0v) is 10.8. The zero-order chi connectivity index (χ0) is 12.7. The van der Waals surface area contributed by atoms with Crippen molar-refractivity contribution in [2.24, 2.45) is 11.8 Å². The van der Waals surface area contributed by atoms with Gasteiger partial charge in [0.25, 0.3) is 0 Å². The van der Waals surface area contributed by atoms with Crippen molar-refractivity contribution in [3.8, 4) is 0 Å². The number of aromatic nitrogens is 2. The number of nitrogens with two attached hydrogens (primary N) is 1. The number of hydrogen-bond donors (Lipinski definition) is 1. The molecule has 0 saturated heterocycles. The Bertz CT molecular complexity index is 581. The minimum Gasteiger partial charge on any atom is -0.368 e. The molecule has 1 saturated carbocycles. The first-order chi connectivity index (χ1) is 8.65. The van der Waals surface area contributed by atoms with E-state index in [0.29, 0.717) is 5.95 Å². The second-order valence-corrected chi connectivity index (χ2v) is 5.28. The second-order valence-electron chi connectivity index (χ2n) is 5.28. The first-order valence-electron chi connectivity index (χ1n) is 6.38. The molecule has 1 aromatic heterocycles. The van der Waals surface area contributed by atoms with Gasteiger partial charge in [0.05, 0.1) is 5.52 Å². The fourth-order valence-corrected chi connectivity index (χ4v) is 2.46. The molecule has 0 radical (unpaired) electrons. The highest BCUT2D eigenvalue weighted by Gasteiger charge is 2.33. The highest BCUT2D eigenvalue weighted by molar-refractivity contribution is 5.90. The van der Waals surface area contributed by atoms with E-state index in [-0.39, 0.29) is 0 Å². The van der Waals surface area contributed by atoms with E-state index in [1.165, 1.54) is 6.42 Å². The molecule has 4 heteroatoms. The van der Waals surface area contributed by atoms with Crippen molar-refractivity contribution in [2.45, 2.75) is 13.3 Å². The predicted molar refractivity (Wildman–Crippen MR) is 74.5 cm³/mol. The van der Waals surface area contributed by atoms with E-state index in [4.69, 9.17) is 5.73 Å². The molecule has 2 N–H and O–H groups in total. The fraction of sp³-hybridized carbons (Fsp3) is 0.429. The lowest BCUT2D eigenvalue weighted by atomic mass is 10.2. The normalized spacial score (nSPS) is 22.1. The molecule has 0 bridgehead atoms. The lowest BCUT2D eigenvalue weighted by molar-refractivity contribution is 0.721. The molecule has 1 aliphatic rings. The summed E-state index contributed by atoms with van der Waals surface area (Å²) in [6.07, 6.45) is 1.32. The van der Waals surface area contributed by atoms with Crippen LogP contribution < -0.4 is 10.6 Å². The van der Waals surface area contributed by atoms with Gasteiger partial charge in [-0.1, -0.05) is 19.1 Å². The number of anilines is 2. The van der Waals surface area contributed by atoms with Crippen molar-refractivity contribution < 1.29 is 0 Å². The number of fused-ring (bicyclic) bond motifs is 1. The fourth-order valence-electron chi connectivity index (χ4n) is 2.46. The monoisotopic (exact) mass is 242 g/mol. The van der Waals surface area contributed by atoms with Crippen molar-refractivity contribution >= 4 is 22.7 Å². The number of para-hydroxylation sites is 1. The van der Waals surface area contributed by atoms with Crippen LogP contribution in [0.5, 0.6) is 0 Å². The minimum atomic E-state index is 0.347. The molecule has 3 rings (SSSR count). The van der Waals surface area contributed by atoms with Crippen LogP contribution in [-0.4, -0.2) is 23.6 Å². The molecule has 2 atom stereocenters. The molecule has 2 aromatic rings. The molecule has 2 unspecified atom stereocenters. The maximum atomic E-state index is 5.79. The smallest absolute Gasteiger partial charge is 0.222 e. The summed E-state index contributed by atoms with van der Waals surface area (Å²) in [6, 6.07) is 8.02. The number of nitrogens with zero attached hydrogens (tertiary/aromatic N) is 3. The average Bonchev–Trinajstić information content (AvgIpc) is 3.03. The first kappa shape index (κ1) is 11.3. The van der Waals surface area contributed by atoms with Crippen LogP contribution in [0.1, 0.15) is 13.3 Å². The molecule has 0 aliphatic heterocycles. The van der Waals surface area contributed by atoms with Crippen LogP contribution in [0.3, 0.4) is 0 Å². The van der Waals surface area contributed by atoms with E-state index in [0.717, 1.165) is 35.1 Å². The Morgan fingerprint density at radius 3 is 2.78 bits per heavy atom. The summed E-state index contributed by atoms with van der Waals surface area (Å²) in [7, 11) is 2.08. The van der Waals surface area contributed by atoms with Gasteiger partial charge in [-0.2, -0.15) is 4.98 Å². The Morgan fingerprint density at radius 2 is 2.06 bits per heavy atom. The summed E-state index contributed by atoms with van der Waals surface area (Å²) in [5, 5.41) is 1.07. The molecule has 1 aromatic carbocycles. The Balaban J connectivity index is 1.99. The van der Waals surface area contributed by atoms with Crippen LogP contribution in [0.2, 0.25) is 0 Å². The van der Waals surface area contributed by atoms with Crippen LogP contribution in [0.15, 0.2) is 24.3 Å². The Hall–Kier alpha value is -1.84. The molecule has 18 heavy (non-hydrogen) atoms. The third-order valence-electron chi connectivity index (χ3n) is 3.75. The predicted octanol–water partition coefficient (Wildman–Crippen LogP) is 2.30. The van der Waals surface area contributed by atoms with Gasteiger partial charge in [-0.3, -0.25) is 0 Å². The number of nitrogen functional groups attached to an aromatic ring is 1. The largest absolute Gasteiger partial charge is 0.368 e. The summed E-state index contributed by atoms with van der Waals surface area (Å²) >= 11 is 0. The molecule has 1 heterocycles. The third kappa shape index (κ3) is 1.98. The van der Waals surface area contributed by atoms with Crippen LogP contribution in [0.25, 0.3) is 10.9 Å². The van der Waals surface area contributed by atoms with Crippen LogP contribution in [-0.2, 0) is 0 Å². The SMILES string of the molecule is CC1CC1CN(C)c1nc(N)nc2ccccc12. The number of benzene rings is 1. The molecule has 4 nitrogen and oxygen atoms in total. The molecule has 1 aliphatic carbocycles. The van der Waals surface area contributed by atoms with Crippen LogP contribution in [0.4, 0.5) is 11.8 Å². The van der Waals surface area contributed by atoms with Crippen LogP contribution >= 0.6 is 0 Å². The van der Waals surface area contributed by atoms with Gasteiger partial charge in [0, 0.05) is 19.0 Å². The highest BCUT2D eigenvalue weighted by Crippen LogP contribution is 2.39. The minimum absolute atomic E-state index is 0.347. The van der Waals surface area contributed by atoms with Gasteiger partial charge >= 0.3 is 0 Å². The zero-order valence-electron chi connectivity index (χ0n) is 10.8. The molecular formula is C14H18N4. The van der Waals surface area contributed by atoms with Crippen molar-refractivity contribution in [2.75, 3.05) is 24.2 Å². The van der Waals surface area contributed by atoms with E-state index in [1.807, 2.05) is 18.2 Å². The highest BCUT2D eigenvalue weighted by atomic mass is 15.2. The lowest BCUT2D eigenvalue weighted by Crippen LogP contribution is -2.22. The van der Waals surface area contributed by atoms with Gasteiger partial charge in [0.1, 0.15) is 5.82 Å². The number of hydrogen-bond acceptors (Lipinski definition) is 4. The summed E-state index contributed by atoms with van der Waals surface area (Å²) in [5.74, 6) is 2.93. The molecule has 0 amide bonds. The van der Waals surface area contributed by atoms with Gasteiger partial charge in [-0.25, -0.2) is 4.98 Å².